The summed E-state index contributed by atoms with van der Waals surface area (Å²) in [7, 11) is 1.66. The van der Waals surface area contributed by atoms with Crippen molar-refractivity contribution < 1.29 is 14.6 Å². The molecule has 4 heteroatoms. The van der Waals surface area contributed by atoms with Crippen LogP contribution in [0, 0.1) is 5.41 Å². The highest BCUT2D eigenvalue weighted by atomic mass is 16.5. The molecule has 0 atom stereocenters. The van der Waals surface area contributed by atoms with Crippen molar-refractivity contribution in [1.82, 2.24) is 5.32 Å². The van der Waals surface area contributed by atoms with E-state index in [0.717, 1.165) is 36.6 Å². The van der Waals surface area contributed by atoms with Gasteiger partial charge >= 0.3 is 0 Å². The molecule has 0 heterocycles. The third kappa shape index (κ3) is 5.02. The standard InChI is InChI=1S/C16H27NO3/c1-5-20-14-8-6-7-13(15(14)19-4)11-17-12-16(2,3)9-10-18/h6-8,17-18H,5,9-12H2,1-4H3. The molecule has 0 bridgehead atoms. The first-order chi connectivity index (χ1) is 9.54. The van der Waals surface area contributed by atoms with Crippen LogP contribution in [0.15, 0.2) is 18.2 Å². The molecule has 0 amide bonds. The lowest BCUT2D eigenvalue weighted by atomic mass is 9.90. The van der Waals surface area contributed by atoms with Crippen LogP contribution in [0.4, 0.5) is 0 Å². The fourth-order valence-corrected chi connectivity index (χ4v) is 2.13. The second kappa shape index (κ2) is 8.12. The SMILES string of the molecule is CCOc1cccc(CNCC(C)(C)CCO)c1OC. The second-order valence-electron chi connectivity index (χ2n) is 5.62. The normalized spacial score (nSPS) is 11.4. The zero-order chi connectivity index (χ0) is 15.0. The predicted octanol–water partition coefficient (Wildman–Crippen LogP) is 2.59. The van der Waals surface area contributed by atoms with Gasteiger partial charge in [-0.3, -0.25) is 0 Å². The third-order valence-corrected chi connectivity index (χ3v) is 3.27. The van der Waals surface area contributed by atoms with Crippen molar-refractivity contribution in [3.8, 4) is 11.5 Å². The first kappa shape index (κ1) is 16.8. The Morgan fingerprint density at radius 2 is 2.05 bits per heavy atom. The molecule has 1 aromatic rings. The summed E-state index contributed by atoms with van der Waals surface area (Å²) >= 11 is 0. The van der Waals surface area contributed by atoms with E-state index in [1.165, 1.54) is 0 Å². The minimum atomic E-state index is 0.0829. The zero-order valence-electron chi connectivity index (χ0n) is 13.0. The van der Waals surface area contributed by atoms with Crippen LogP contribution in [0.1, 0.15) is 32.8 Å². The number of aliphatic hydroxyl groups is 1. The maximum Gasteiger partial charge on any atom is 0.165 e. The molecule has 1 aromatic carbocycles. The molecule has 0 aliphatic rings. The predicted molar refractivity (Wildman–Crippen MR) is 81.4 cm³/mol. The molecule has 2 N–H and O–H groups in total. The quantitative estimate of drug-likeness (QED) is 0.730. The maximum atomic E-state index is 9.03. The van der Waals surface area contributed by atoms with Gasteiger partial charge in [-0.25, -0.2) is 0 Å². The van der Waals surface area contributed by atoms with E-state index in [2.05, 4.69) is 19.2 Å². The largest absolute Gasteiger partial charge is 0.493 e. The van der Waals surface area contributed by atoms with Crippen molar-refractivity contribution in [3.05, 3.63) is 23.8 Å². The summed E-state index contributed by atoms with van der Waals surface area (Å²) in [5.41, 5.74) is 1.16. The molecule has 0 aliphatic carbocycles. The third-order valence-electron chi connectivity index (χ3n) is 3.27. The van der Waals surface area contributed by atoms with E-state index in [-0.39, 0.29) is 12.0 Å². The van der Waals surface area contributed by atoms with Gasteiger partial charge in [0.2, 0.25) is 0 Å². The van der Waals surface area contributed by atoms with Gasteiger partial charge < -0.3 is 19.9 Å². The van der Waals surface area contributed by atoms with Gasteiger partial charge in [0.05, 0.1) is 13.7 Å². The number of rotatable bonds is 9. The number of hydrogen-bond donors (Lipinski definition) is 2. The van der Waals surface area contributed by atoms with E-state index in [1.807, 2.05) is 25.1 Å². The Balaban J connectivity index is 2.66. The highest BCUT2D eigenvalue weighted by Gasteiger charge is 2.17. The molecule has 114 valence electrons. The van der Waals surface area contributed by atoms with Crippen LogP contribution in [-0.4, -0.2) is 32.0 Å². The smallest absolute Gasteiger partial charge is 0.165 e. The van der Waals surface area contributed by atoms with Crippen LogP contribution < -0.4 is 14.8 Å². The molecule has 0 spiro atoms. The fourth-order valence-electron chi connectivity index (χ4n) is 2.13. The van der Waals surface area contributed by atoms with Crippen LogP contribution >= 0.6 is 0 Å². The number of para-hydroxylation sites is 1. The minimum Gasteiger partial charge on any atom is -0.493 e. The first-order valence-electron chi connectivity index (χ1n) is 7.14. The van der Waals surface area contributed by atoms with Gasteiger partial charge in [-0.2, -0.15) is 0 Å². The van der Waals surface area contributed by atoms with Gasteiger partial charge in [0.15, 0.2) is 11.5 Å². The Labute approximate surface area is 122 Å². The van der Waals surface area contributed by atoms with Crippen molar-refractivity contribution in [2.24, 2.45) is 5.41 Å². The number of ether oxygens (including phenoxy) is 2. The van der Waals surface area contributed by atoms with E-state index in [0.29, 0.717) is 6.61 Å². The summed E-state index contributed by atoms with van der Waals surface area (Å²) in [4.78, 5) is 0. The Kier molecular flexibility index (Phi) is 6.82. The number of hydrogen-bond acceptors (Lipinski definition) is 4. The summed E-state index contributed by atoms with van der Waals surface area (Å²) in [5.74, 6) is 1.57. The summed E-state index contributed by atoms with van der Waals surface area (Å²) in [6.45, 7) is 8.65. The lowest BCUT2D eigenvalue weighted by Gasteiger charge is -2.24. The highest BCUT2D eigenvalue weighted by molar-refractivity contribution is 5.46. The van der Waals surface area contributed by atoms with E-state index in [1.54, 1.807) is 7.11 Å². The number of benzene rings is 1. The maximum absolute atomic E-state index is 9.03. The topological polar surface area (TPSA) is 50.7 Å². The van der Waals surface area contributed by atoms with Crippen molar-refractivity contribution in [1.29, 1.82) is 0 Å². The molecule has 20 heavy (non-hydrogen) atoms. The Morgan fingerprint density at radius 1 is 1.30 bits per heavy atom. The second-order valence-corrected chi connectivity index (χ2v) is 5.62. The summed E-state index contributed by atoms with van der Waals surface area (Å²) < 4.78 is 11.0. The Bertz CT molecular complexity index is 405. The number of nitrogens with one attached hydrogen (secondary N) is 1. The van der Waals surface area contributed by atoms with E-state index in [4.69, 9.17) is 14.6 Å². The van der Waals surface area contributed by atoms with Crippen LogP contribution in [-0.2, 0) is 6.54 Å². The monoisotopic (exact) mass is 281 g/mol. The molecule has 0 radical (unpaired) electrons. The van der Waals surface area contributed by atoms with Crippen LogP contribution in [0.5, 0.6) is 11.5 Å². The molecule has 1 rings (SSSR count). The fraction of sp³-hybridized carbons (Fsp3) is 0.625. The van der Waals surface area contributed by atoms with E-state index >= 15 is 0 Å². The van der Waals surface area contributed by atoms with Crippen LogP contribution in [0.2, 0.25) is 0 Å². The van der Waals surface area contributed by atoms with Gasteiger partial charge in [0, 0.05) is 25.3 Å². The molecular formula is C16H27NO3. The highest BCUT2D eigenvalue weighted by Crippen LogP contribution is 2.31. The van der Waals surface area contributed by atoms with E-state index < -0.39 is 0 Å². The lowest BCUT2D eigenvalue weighted by molar-refractivity contribution is 0.207. The zero-order valence-corrected chi connectivity index (χ0v) is 13.0. The molecule has 0 unspecified atom stereocenters. The molecule has 0 saturated heterocycles. The van der Waals surface area contributed by atoms with Crippen molar-refractivity contribution in [3.63, 3.8) is 0 Å². The molecule has 0 saturated carbocycles. The number of aliphatic hydroxyl groups excluding tert-OH is 1. The van der Waals surface area contributed by atoms with Crippen LogP contribution in [0.3, 0.4) is 0 Å². The van der Waals surface area contributed by atoms with Crippen molar-refractivity contribution in [2.75, 3.05) is 26.9 Å². The molecule has 4 nitrogen and oxygen atoms in total. The van der Waals surface area contributed by atoms with Gasteiger partial charge in [-0.15, -0.1) is 0 Å². The van der Waals surface area contributed by atoms with Crippen molar-refractivity contribution >= 4 is 0 Å². The number of methoxy groups -OCH3 is 1. The van der Waals surface area contributed by atoms with Crippen LogP contribution in [0.25, 0.3) is 0 Å². The minimum absolute atomic E-state index is 0.0829. The summed E-state index contributed by atoms with van der Waals surface area (Å²) in [6, 6.07) is 5.93. The summed E-state index contributed by atoms with van der Waals surface area (Å²) in [6.07, 6.45) is 0.788. The molecule has 0 aliphatic heterocycles. The van der Waals surface area contributed by atoms with Gasteiger partial charge in [0.1, 0.15) is 0 Å². The average Bonchev–Trinajstić information content (AvgIpc) is 2.39. The molecule has 0 fully saturated rings. The molecule has 0 aromatic heterocycles. The molecular weight excluding hydrogens is 254 g/mol. The van der Waals surface area contributed by atoms with Gasteiger partial charge in [-0.05, 0) is 24.8 Å². The average molecular weight is 281 g/mol. The Hall–Kier alpha value is -1.26. The first-order valence-corrected chi connectivity index (χ1v) is 7.14. The Morgan fingerprint density at radius 3 is 2.65 bits per heavy atom. The lowest BCUT2D eigenvalue weighted by Crippen LogP contribution is -2.30. The van der Waals surface area contributed by atoms with Gasteiger partial charge in [0.25, 0.3) is 0 Å². The van der Waals surface area contributed by atoms with Crippen molar-refractivity contribution in [2.45, 2.75) is 33.7 Å². The van der Waals surface area contributed by atoms with Gasteiger partial charge in [-0.1, -0.05) is 26.0 Å². The summed E-state index contributed by atoms with van der Waals surface area (Å²) in [5, 5.41) is 12.5. The van der Waals surface area contributed by atoms with E-state index in [9.17, 15) is 0 Å².